The number of amides is 1. The molecule has 4 nitrogen and oxygen atoms in total. The van der Waals surface area contributed by atoms with Gasteiger partial charge in [-0.2, -0.15) is 0 Å². The molecule has 0 bridgehead atoms. The Hall–Kier alpha value is -1.69. The van der Waals surface area contributed by atoms with Crippen molar-refractivity contribution < 1.29 is 9.18 Å². The number of pyridine rings is 1. The SMILES string of the molecule is Cc1ncc2[nH]c(C(=O)NC3CC[Si]4(CCCC4)CC3)cc2c1F. The second-order valence-corrected chi connectivity index (χ2v) is 12.6. The second-order valence-electron chi connectivity index (χ2n) is 7.62. The highest BCUT2D eigenvalue weighted by molar-refractivity contribution is 6.80. The van der Waals surface area contributed by atoms with Crippen LogP contribution < -0.4 is 5.32 Å². The molecule has 0 unspecified atom stereocenters. The Morgan fingerprint density at radius 3 is 2.71 bits per heavy atom. The average molecular weight is 345 g/mol. The van der Waals surface area contributed by atoms with Crippen molar-refractivity contribution in [3.8, 4) is 0 Å². The van der Waals surface area contributed by atoms with Crippen molar-refractivity contribution in [1.82, 2.24) is 15.3 Å². The fourth-order valence-electron chi connectivity index (χ4n) is 4.55. The molecule has 1 spiro atoms. The molecule has 0 saturated carbocycles. The normalized spacial score (nSPS) is 20.8. The molecule has 1 amide bonds. The van der Waals surface area contributed by atoms with Crippen LogP contribution in [0.2, 0.25) is 24.2 Å². The maximum Gasteiger partial charge on any atom is 0.267 e. The van der Waals surface area contributed by atoms with E-state index in [9.17, 15) is 9.18 Å². The first-order valence-electron chi connectivity index (χ1n) is 9.01. The fourth-order valence-corrected chi connectivity index (χ4v) is 9.97. The number of rotatable bonds is 2. The Balaban J connectivity index is 1.44. The van der Waals surface area contributed by atoms with Gasteiger partial charge in [-0.1, -0.05) is 37.0 Å². The van der Waals surface area contributed by atoms with Crippen molar-refractivity contribution >= 4 is 24.9 Å². The molecule has 2 aliphatic heterocycles. The molecule has 2 aromatic heterocycles. The molecule has 4 heterocycles. The zero-order valence-electron chi connectivity index (χ0n) is 14.1. The van der Waals surface area contributed by atoms with E-state index in [1.54, 1.807) is 19.2 Å². The number of carbonyl (C=O) groups is 1. The van der Waals surface area contributed by atoms with E-state index in [1.807, 2.05) is 0 Å². The predicted molar refractivity (Wildman–Crippen MR) is 95.5 cm³/mol. The summed E-state index contributed by atoms with van der Waals surface area (Å²) in [6, 6.07) is 7.60. The summed E-state index contributed by atoms with van der Waals surface area (Å²) in [4.78, 5) is 19.5. The van der Waals surface area contributed by atoms with E-state index in [1.165, 1.54) is 37.0 Å². The Labute approximate surface area is 142 Å². The number of aromatic amines is 1. The molecule has 2 fully saturated rings. The van der Waals surface area contributed by atoms with E-state index in [0.717, 1.165) is 12.8 Å². The van der Waals surface area contributed by atoms with Crippen LogP contribution in [0.4, 0.5) is 4.39 Å². The molecular weight excluding hydrogens is 321 g/mol. The quantitative estimate of drug-likeness (QED) is 0.804. The van der Waals surface area contributed by atoms with Gasteiger partial charge in [0.25, 0.3) is 5.91 Å². The maximum atomic E-state index is 14.1. The number of nitrogens with zero attached hydrogens (tertiary/aromatic N) is 1. The summed E-state index contributed by atoms with van der Waals surface area (Å²) in [7, 11) is -0.949. The minimum Gasteiger partial charge on any atom is -0.349 e. The van der Waals surface area contributed by atoms with Crippen LogP contribution in [-0.4, -0.2) is 30.0 Å². The third-order valence-corrected chi connectivity index (χ3v) is 11.6. The van der Waals surface area contributed by atoms with Gasteiger partial charge in [0.2, 0.25) is 0 Å². The lowest BCUT2D eigenvalue weighted by molar-refractivity contribution is 0.0929. The van der Waals surface area contributed by atoms with Gasteiger partial charge in [-0.25, -0.2) is 4.39 Å². The molecule has 0 atom stereocenters. The number of carbonyl (C=O) groups excluding carboxylic acids is 1. The van der Waals surface area contributed by atoms with Crippen LogP contribution in [-0.2, 0) is 0 Å². The number of hydrogen-bond donors (Lipinski definition) is 2. The van der Waals surface area contributed by atoms with Gasteiger partial charge in [-0.3, -0.25) is 9.78 Å². The van der Waals surface area contributed by atoms with Crippen molar-refractivity contribution in [1.29, 1.82) is 0 Å². The first kappa shape index (κ1) is 15.8. The van der Waals surface area contributed by atoms with E-state index < -0.39 is 8.07 Å². The lowest BCUT2D eigenvalue weighted by Crippen LogP contribution is -2.43. The van der Waals surface area contributed by atoms with Crippen LogP contribution in [0, 0.1) is 12.7 Å². The Morgan fingerprint density at radius 2 is 2.00 bits per heavy atom. The molecule has 0 aromatic carbocycles. The number of nitrogens with one attached hydrogen (secondary N) is 2. The van der Waals surface area contributed by atoms with Crippen LogP contribution in [0.1, 0.15) is 41.9 Å². The summed E-state index contributed by atoms with van der Waals surface area (Å²) < 4.78 is 14.1. The lowest BCUT2D eigenvalue weighted by Gasteiger charge is -2.35. The number of aryl methyl sites for hydroxylation is 1. The van der Waals surface area contributed by atoms with E-state index in [2.05, 4.69) is 15.3 Å². The Morgan fingerprint density at radius 1 is 1.29 bits per heavy atom. The van der Waals surface area contributed by atoms with Crippen LogP contribution >= 0.6 is 0 Å². The number of aromatic nitrogens is 2. The van der Waals surface area contributed by atoms with E-state index in [0.29, 0.717) is 22.3 Å². The van der Waals surface area contributed by atoms with Crippen LogP contribution in [0.3, 0.4) is 0 Å². The largest absolute Gasteiger partial charge is 0.349 e. The minimum absolute atomic E-state index is 0.128. The van der Waals surface area contributed by atoms with Gasteiger partial charge >= 0.3 is 0 Å². The summed E-state index contributed by atoms with van der Waals surface area (Å²) in [5.41, 5.74) is 1.35. The van der Waals surface area contributed by atoms with Gasteiger partial charge in [0.15, 0.2) is 5.82 Å². The molecule has 128 valence electrons. The highest BCUT2D eigenvalue weighted by atomic mass is 28.3. The predicted octanol–water partition coefficient (Wildman–Crippen LogP) is 4.15. The number of fused-ring (bicyclic) bond motifs is 1. The summed E-state index contributed by atoms with van der Waals surface area (Å²) in [5, 5.41) is 3.58. The average Bonchev–Trinajstić information content (AvgIpc) is 3.21. The van der Waals surface area contributed by atoms with Crippen molar-refractivity contribution in [3.05, 3.63) is 29.5 Å². The van der Waals surface area contributed by atoms with Gasteiger partial charge in [0.05, 0.1) is 25.5 Å². The molecule has 2 aliphatic rings. The zero-order valence-corrected chi connectivity index (χ0v) is 15.1. The number of halogens is 1. The highest BCUT2D eigenvalue weighted by Gasteiger charge is 2.39. The highest BCUT2D eigenvalue weighted by Crippen LogP contribution is 2.42. The second kappa shape index (κ2) is 5.99. The minimum atomic E-state index is -0.949. The van der Waals surface area contributed by atoms with E-state index in [-0.39, 0.29) is 17.8 Å². The van der Waals surface area contributed by atoms with Crippen molar-refractivity contribution in [2.45, 2.75) is 62.8 Å². The van der Waals surface area contributed by atoms with Crippen molar-refractivity contribution in [3.63, 3.8) is 0 Å². The standard InChI is InChI=1S/C18H24FN3OSi/c1-12-17(19)14-10-15(22-16(14)11-20-12)18(23)21-13-4-8-24(9-5-13)6-2-3-7-24/h10-11,13,22H,2-9H2,1H3,(H,21,23). The number of hydrogen-bond acceptors (Lipinski definition) is 2. The fraction of sp³-hybridized carbons (Fsp3) is 0.556. The van der Waals surface area contributed by atoms with Gasteiger partial charge < -0.3 is 10.3 Å². The number of H-pyrrole nitrogens is 1. The molecule has 0 radical (unpaired) electrons. The molecule has 4 rings (SSSR count). The van der Waals surface area contributed by atoms with Gasteiger partial charge in [0.1, 0.15) is 5.69 Å². The molecule has 2 aromatic rings. The van der Waals surface area contributed by atoms with Crippen LogP contribution in [0.5, 0.6) is 0 Å². The van der Waals surface area contributed by atoms with Gasteiger partial charge in [0, 0.05) is 11.4 Å². The zero-order chi connectivity index (χ0) is 16.7. The van der Waals surface area contributed by atoms with Gasteiger partial charge in [-0.15, -0.1) is 0 Å². The molecule has 2 N–H and O–H groups in total. The summed E-state index contributed by atoms with van der Waals surface area (Å²) >= 11 is 0. The summed E-state index contributed by atoms with van der Waals surface area (Å²) in [6.45, 7) is 1.63. The third kappa shape index (κ3) is 2.77. The van der Waals surface area contributed by atoms with E-state index >= 15 is 0 Å². The molecule has 0 aliphatic carbocycles. The molecule has 2 saturated heterocycles. The first-order chi connectivity index (χ1) is 11.6. The molecule has 6 heteroatoms. The Kier molecular flexibility index (Phi) is 3.94. The molecule has 24 heavy (non-hydrogen) atoms. The molecular formula is C18H24FN3OSi. The third-order valence-electron chi connectivity index (χ3n) is 6.08. The van der Waals surface area contributed by atoms with Crippen molar-refractivity contribution in [2.75, 3.05) is 0 Å². The van der Waals surface area contributed by atoms with Crippen LogP contribution in [0.25, 0.3) is 10.9 Å². The maximum absolute atomic E-state index is 14.1. The lowest BCUT2D eigenvalue weighted by atomic mass is 10.1. The van der Waals surface area contributed by atoms with Gasteiger partial charge in [-0.05, 0) is 25.8 Å². The first-order valence-corrected chi connectivity index (χ1v) is 11.8. The smallest absolute Gasteiger partial charge is 0.267 e. The summed E-state index contributed by atoms with van der Waals surface area (Å²) in [6.07, 6.45) is 6.68. The van der Waals surface area contributed by atoms with Crippen molar-refractivity contribution in [2.24, 2.45) is 0 Å². The monoisotopic (exact) mass is 345 g/mol. The Bertz CT molecular complexity index is 772. The topological polar surface area (TPSA) is 57.8 Å². The van der Waals surface area contributed by atoms with E-state index in [4.69, 9.17) is 0 Å². The summed E-state index contributed by atoms with van der Waals surface area (Å²) in [5.74, 6) is -0.480. The van der Waals surface area contributed by atoms with Crippen LogP contribution in [0.15, 0.2) is 12.3 Å².